The highest BCUT2D eigenvalue weighted by Crippen LogP contribution is 2.27. The van der Waals surface area contributed by atoms with E-state index in [4.69, 9.17) is 0 Å². The van der Waals surface area contributed by atoms with E-state index in [1.807, 2.05) is 11.7 Å². The highest BCUT2D eigenvalue weighted by Gasteiger charge is 2.03. The Morgan fingerprint density at radius 2 is 1.89 bits per heavy atom. The van der Waals surface area contributed by atoms with E-state index in [-0.39, 0.29) is 0 Å². The fourth-order valence-electron chi connectivity index (χ4n) is 2.16. The van der Waals surface area contributed by atoms with Crippen LogP contribution in [0.25, 0.3) is 32.2 Å². The summed E-state index contributed by atoms with van der Waals surface area (Å²) in [5.74, 6) is 0. The fourth-order valence-corrected chi connectivity index (χ4v) is 2.82. The van der Waals surface area contributed by atoms with Gasteiger partial charge in [0.15, 0.2) is 0 Å². The van der Waals surface area contributed by atoms with E-state index >= 15 is 0 Å². The summed E-state index contributed by atoms with van der Waals surface area (Å²) >= 11 is 1.67. The van der Waals surface area contributed by atoms with Gasteiger partial charge in [-0.15, -0.1) is 11.3 Å². The number of aromatic amines is 1. The predicted octanol–water partition coefficient (Wildman–Crippen LogP) is 3.84. The lowest BCUT2D eigenvalue weighted by Gasteiger charge is -2.01. The number of nitrogens with zero attached hydrogens (tertiary/aromatic N) is 2. The highest BCUT2D eigenvalue weighted by atomic mass is 32.1. The Labute approximate surface area is 107 Å². The number of thiazole rings is 1. The van der Waals surface area contributed by atoms with Crippen LogP contribution in [0.1, 0.15) is 0 Å². The molecule has 18 heavy (non-hydrogen) atoms. The summed E-state index contributed by atoms with van der Waals surface area (Å²) in [6, 6.07) is 12.7. The number of hydrogen-bond donors (Lipinski definition) is 1. The quantitative estimate of drug-likeness (QED) is 0.558. The number of benzene rings is 2. The molecule has 0 spiro atoms. The van der Waals surface area contributed by atoms with Crippen LogP contribution in [0.4, 0.5) is 0 Å². The van der Waals surface area contributed by atoms with Crippen LogP contribution in [-0.2, 0) is 0 Å². The third kappa shape index (κ3) is 1.43. The van der Waals surface area contributed by atoms with E-state index in [1.54, 1.807) is 11.3 Å². The molecule has 0 bridgehead atoms. The number of nitrogens with one attached hydrogen (secondary N) is 1. The van der Waals surface area contributed by atoms with Crippen LogP contribution >= 0.6 is 11.3 Å². The van der Waals surface area contributed by atoms with Crippen molar-refractivity contribution >= 4 is 32.5 Å². The average Bonchev–Trinajstić information content (AvgIpc) is 3.05. The summed E-state index contributed by atoms with van der Waals surface area (Å²) < 4.78 is 1.23. The maximum Gasteiger partial charge on any atom is 0.0818 e. The molecule has 86 valence electrons. The molecule has 0 amide bonds. The number of fused-ring (bicyclic) bond motifs is 2. The van der Waals surface area contributed by atoms with Crippen LogP contribution in [0.5, 0.6) is 0 Å². The summed E-state index contributed by atoms with van der Waals surface area (Å²) in [6.07, 6.45) is 1.85. The van der Waals surface area contributed by atoms with Crippen LogP contribution in [0.2, 0.25) is 0 Å². The summed E-state index contributed by atoms with van der Waals surface area (Å²) in [5, 5.41) is 8.14. The number of H-pyrrole nitrogens is 1. The van der Waals surface area contributed by atoms with Crippen molar-refractivity contribution in [2.24, 2.45) is 0 Å². The van der Waals surface area contributed by atoms with Crippen LogP contribution in [0.3, 0.4) is 0 Å². The van der Waals surface area contributed by atoms with Crippen LogP contribution in [-0.4, -0.2) is 15.2 Å². The third-order valence-electron chi connectivity index (χ3n) is 3.10. The molecule has 2 heterocycles. The molecule has 2 aromatic heterocycles. The van der Waals surface area contributed by atoms with Crippen LogP contribution < -0.4 is 0 Å². The Hall–Kier alpha value is -2.20. The van der Waals surface area contributed by atoms with E-state index in [9.17, 15) is 0 Å². The molecule has 4 aromatic rings. The monoisotopic (exact) mass is 251 g/mol. The molecule has 3 nitrogen and oxygen atoms in total. The van der Waals surface area contributed by atoms with Gasteiger partial charge in [0.1, 0.15) is 0 Å². The first kappa shape index (κ1) is 9.79. The van der Waals surface area contributed by atoms with Gasteiger partial charge >= 0.3 is 0 Å². The second kappa shape index (κ2) is 3.65. The zero-order chi connectivity index (χ0) is 11.9. The fraction of sp³-hybridized carbons (Fsp3) is 0. The summed E-state index contributed by atoms with van der Waals surface area (Å²) in [4.78, 5) is 4.36. The Balaban J connectivity index is 1.93. The largest absolute Gasteiger partial charge is 0.278 e. The van der Waals surface area contributed by atoms with Crippen molar-refractivity contribution in [3.8, 4) is 11.1 Å². The second-order valence-electron chi connectivity index (χ2n) is 4.21. The summed E-state index contributed by atoms with van der Waals surface area (Å²) in [7, 11) is 0. The molecule has 0 aliphatic heterocycles. The van der Waals surface area contributed by atoms with E-state index < -0.39 is 0 Å². The summed E-state index contributed by atoms with van der Waals surface area (Å²) in [5.41, 5.74) is 6.39. The van der Waals surface area contributed by atoms with Crippen molar-refractivity contribution in [1.82, 2.24) is 15.2 Å². The number of rotatable bonds is 1. The lowest BCUT2D eigenvalue weighted by Crippen LogP contribution is -1.78. The van der Waals surface area contributed by atoms with Gasteiger partial charge in [0.2, 0.25) is 0 Å². The SMILES string of the molecule is c1nc2cc(-c3ccc4[nH]ncc4c3)ccc2s1. The zero-order valence-electron chi connectivity index (χ0n) is 9.42. The molecule has 0 radical (unpaired) electrons. The molecule has 1 N–H and O–H groups in total. The molecule has 0 saturated heterocycles. The molecule has 0 fully saturated rings. The minimum absolute atomic E-state index is 1.06. The van der Waals surface area contributed by atoms with E-state index in [2.05, 4.69) is 51.6 Å². The van der Waals surface area contributed by atoms with Gasteiger partial charge in [0, 0.05) is 5.39 Å². The maximum atomic E-state index is 4.36. The minimum atomic E-state index is 1.06. The van der Waals surface area contributed by atoms with E-state index in [0.29, 0.717) is 0 Å². The topological polar surface area (TPSA) is 41.6 Å². The lowest BCUT2D eigenvalue weighted by molar-refractivity contribution is 1.12. The molecule has 2 aromatic carbocycles. The Bertz CT molecular complexity index is 772. The highest BCUT2D eigenvalue weighted by molar-refractivity contribution is 7.16. The van der Waals surface area contributed by atoms with Gasteiger partial charge in [-0.1, -0.05) is 12.1 Å². The van der Waals surface area contributed by atoms with Gasteiger partial charge < -0.3 is 0 Å². The number of hydrogen-bond acceptors (Lipinski definition) is 3. The Morgan fingerprint density at radius 3 is 2.89 bits per heavy atom. The zero-order valence-corrected chi connectivity index (χ0v) is 10.2. The standard InChI is InChI=1S/C14H9N3S/c1-3-12-11(7-16-17-12)5-9(1)10-2-4-14-13(6-10)15-8-18-14/h1-8H,(H,16,17). The smallest absolute Gasteiger partial charge is 0.0818 e. The van der Waals surface area contributed by atoms with Crippen molar-refractivity contribution < 1.29 is 0 Å². The average molecular weight is 251 g/mol. The molecular formula is C14H9N3S. The first-order valence-corrected chi connectivity index (χ1v) is 6.55. The van der Waals surface area contributed by atoms with Gasteiger partial charge in [0.25, 0.3) is 0 Å². The van der Waals surface area contributed by atoms with Crippen molar-refractivity contribution in [2.75, 3.05) is 0 Å². The predicted molar refractivity (Wildman–Crippen MR) is 74.7 cm³/mol. The van der Waals surface area contributed by atoms with Crippen molar-refractivity contribution in [1.29, 1.82) is 0 Å². The molecule has 0 unspecified atom stereocenters. The van der Waals surface area contributed by atoms with Gasteiger partial charge in [-0.2, -0.15) is 5.10 Å². The number of aromatic nitrogens is 3. The maximum absolute atomic E-state index is 4.36. The Morgan fingerprint density at radius 1 is 1.00 bits per heavy atom. The van der Waals surface area contributed by atoms with Gasteiger partial charge in [0.05, 0.1) is 27.4 Å². The molecule has 0 saturated carbocycles. The molecule has 4 rings (SSSR count). The normalized spacial score (nSPS) is 11.3. The third-order valence-corrected chi connectivity index (χ3v) is 3.91. The van der Waals surface area contributed by atoms with Crippen LogP contribution in [0.15, 0.2) is 48.1 Å². The van der Waals surface area contributed by atoms with Gasteiger partial charge in [-0.05, 0) is 35.4 Å². The molecular weight excluding hydrogens is 242 g/mol. The first-order valence-electron chi connectivity index (χ1n) is 5.67. The van der Waals surface area contributed by atoms with Crippen molar-refractivity contribution in [3.05, 3.63) is 48.1 Å². The van der Waals surface area contributed by atoms with Crippen molar-refractivity contribution in [3.63, 3.8) is 0 Å². The molecule has 0 aliphatic rings. The van der Waals surface area contributed by atoms with Crippen LogP contribution in [0, 0.1) is 0 Å². The molecule has 0 aliphatic carbocycles. The van der Waals surface area contributed by atoms with Crippen molar-refractivity contribution in [2.45, 2.75) is 0 Å². The first-order chi connectivity index (χ1) is 8.90. The lowest BCUT2D eigenvalue weighted by atomic mass is 10.0. The van der Waals surface area contributed by atoms with Gasteiger partial charge in [-0.25, -0.2) is 4.98 Å². The molecule has 4 heteroatoms. The second-order valence-corrected chi connectivity index (χ2v) is 5.09. The van der Waals surface area contributed by atoms with Gasteiger partial charge in [-0.3, -0.25) is 5.10 Å². The minimum Gasteiger partial charge on any atom is -0.278 e. The molecule has 0 atom stereocenters. The van der Waals surface area contributed by atoms with E-state index in [0.717, 1.165) is 16.4 Å². The Kier molecular flexibility index (Phi) is 1.98. The summed E-state index contributed by atoms with van der Waals surface area (Å²) in [6.45, 7) is 0. The van der Waals surface area contributed by atoms with E-state index in [1.165, 1.54) is 15.8 Å².